The molecular weight excluding hydrogens is 260 g/mol. The van der Waals surface area contributed by atoms with Crippen LogP contribution in [0.5, 0.6) is 0 Å². The summed E-state index contributed by atoms with van der Waals surface area (Å²) in [4.78, 5) is 36.4. The molecule has 7 heteroatoms. The third kappa shape index (κ3) is 3.46. The molecule has 0 aliphatic carbocycles. The molecule has 0 saturated heterocycles. The van der Waals surface area contributed by atoms with Crippen molar-refractivity contribution < 1.29 is 9.53 Å². The molecule has 0 aliphatic heterocycles. The van der Waals surface area contributed by atoms with Crippen LogP contribution in [0.4, 0.5) is 0 Å². The number of hydrogen-bond donors (Lipinski definition) is 1. The zero-order valence-corrected chi connectivity index (χ0v) is 11.4. The lowest BCUT2D eigenvalue weighted by Crippen LogP contribution is -2.37. The predicted molar refractivity (Wildman–Crippen MR) is 66.9 cm³/mol. The summed E-state index contributed by atoms with van der Waals surface area (Å²) in [6, 6.07) is -0.869. The molecule has 18 heavy (non-hydrogen) atoms. The number of nitrogens with zero attached hydrogens (tertiary/aromatic N) is 1. The van der Waals surface area contributed by atoms with Gasteiger partial charge in [-0.1, -0.05) is 11.6 Å². The van der Waals surface area contributed by atoms with Gasteiger partial charge in [0, 0.05) is 6.20 Å². The molecule has 0 radical (unpaired) electrons. The first-order valence-electron chi connectivity index (χ1n) is 5.35. The molecule has 0 spiro atoms. The van der Waals surface area contributed by atoms with Gasteiger partial charge in [0.1, 0.15) is 16.7 Å². The van der Waals surface area contributed by atoms with Gasteiger partial charge in [-0.05, 0) is 27.7 Å². The van der Waals surface area contributed by atoms with Crippen molar-refractivity contribution >= 4 is 17.6 Å². The second kappa shape index (κ2) is 4.97. The fourth-order valence-electron chi connectivity index (χ4n) is 1.25. The van der Waals surface area contributed by atoms with E-state index >= 15 is 0 Å². The van der Waals surface area contributed by atoms with E-state index in [1.54, 1.807) is 20.8 Å². The number of carbonyl (C=O) groups excluding carboxylic acids is 1. The maximum Gasteiger partial charge on any atom is 0.329 e. The van der Waals surface area contributed by atoms with Crippen molar-refractivity contribution in [2.24, 2.45) is 0 Å². The predicted octanol–water partition coefficient (Wildman–Crippen LogP) is 1.09. The molecule has 0 saturated carbocycles. The number of aromatic nitrogens is 2. The standard InChI is InChI=1S/C11H15ClN2O4/c1-6(9(16)18-11(2,3)4)14-5-7(12)8(15)13-10(14)17/h5-6H,1-4H3,(H,13,15,17). The van der Waals surface area contributed by atoms with Crippen molar-refractivity contribution in [2.45, 2.75) is 39.3 Å². The van der Waals surface area contributed by atoms with Gasteiger partial charge in [-0.2, -0.15) is 0 Å². The van der Waals surface area contributed by atoms with E-state index in [1.807, 2.05) is 4.98 Å². The Morgan fingerprint density at radius 3 is 2.50 bits per heavy atom. The van der Waals surface area contributed by atoms with Crippen molar-refractivity contribution in [3.05, 3.63) is 32.1 Å². The number of nitrogens with one attached hydrogen (secondary N) is 1. The molecule has 1 rings (SSSR count). The summed E-state index contributed by atoms with van der Waals surface area (Å²) in [5.74, 6) is -0.576. The fraction of sp³-hybridized carbons (Fsp3) is 0.545. The van der Waals surface area contributed by atoms with E-state index in [0.717, 1.165) is 10.8 Å². The number of aromatic amines is 1. The quantitative estimate of drug-likeness (QED) is 0.819. The number of rotatable bonds is 2. The molecule has 6 nitrogen and oxygen atoms in total. The van der Waals surface area contributed by atoms with Crippen LogP contribution in [0.3, 0.4) is 0 Å². The lowest BCUT2D eigenvalue weighted by atomic mass is 10.2. The van der Waals surface area contributed by atoms with Gasteiger partial charge in [0.2, 0.25) is 0 Å². The van der Waals surface area contributed by atoms with Gasteiger partial charge in [0.15, 0.2) is 0 Å². The number of ether oxygens (including phenoxy) is 1. The highest BCUT2D eigenvalue weighted by Gasteiger charge is 2.24. The van der Waals surface area contributed by atoms with Crippen LogP contribution in [0.1, 0.15) is 33.7 Å². The normalized spacial score (nSPS) is 13.2. The minimum Gasteiger partial charge on any atom is -0.458 e. The molecule has 1 aromatic rings. The monoisotopic (exact) mass is 274 g/mol. The van der Waals surface area contributed by atoms with E-state index in [0.29, 0.717) is 0 Å². The maximum atomic E-state index is 11.8. The molecule has 1 unspecified atom stereocenters. The van der Waals surface area contributed by atoms with Crippen molar-refractivity contribution in [3.63, 3.8) is 0 Å². The fourth-order valence-corrected chi connectivity index (χ4v) is 1.40. The Morgan fingerprint density at radius 1 is 1.44 bits per heavy atom. The molecule has 0 bridgehead atoms. The lowest BCUT2D eigenvalue weighted by Gasteiger charge is -2.22. The van der Waals surface area contributed by atoms with Crippen LogP contribution in [0, 0.1) is 0 Å². The van der Waals surface area contributed by atoms with Gasteiger partial charge in [-0.15, -0.1) is 0 Å². The number of H-pyrrole nitrogens is 1. The minimum atomic E-state index is -0.869. The zero-order chi connectivity index (χ0) is 14.1. The molecule has 1 atom stereocenters. The summed E-state index contributed by atoms with van der Waals surface area (Å²) in [7, 11) is 0. The summed E-state index contributed by atoms with van der Waals surface area (Å²) in [6.07, 6.45) is 1.12. The minimum absolute atomic E-state index is 0.162. The summed E-state index contributed by atoms with van der Waals surface area (Å²) in [6.45, 7) is 6.66. The van der Waals surface area contributed by atoms with Crippen molar-refractivity contribution in [1.29, 1.82) is 0 Å². The Hall–Kier alpha value is -1.56. The molecule has 0 aromatic carbocycles. The summed E-state index contributed by atoms with van der Waals surface area (Å²) < 4.78 is 6.17. The molecule has 1 aromatic heterocycles. The average molecular weight is 275 g/mol. The average Bonchev–Trinajstić information content (AvgIpc) is 2.20. The smallest absolute Gasteiger partial charge is 0.329 e. The first-order valence-corrected chi connectivity index (χ1v) is 5.73. The SMILES string of the molecule is CC(C(=O)OC(C)(C)C)n1cc(Cl)c(=O)[nH]c1=O. The summed E-state index contributed by atoms with van der Waals surface area (Å²) >= 11 is 5.61. The Labute approximate surface area is 109 Å². The number of carbonyl (C=O) groups is 1. The van der Waals surface area contributed by atoms with Crippen molar-refractivity contribution in [1.82, 2.24) is 9.55 Å². The maximum absolute atomic E-state index is 11.8. The highest BCUT2D eigenvalue weighted by Crippen LogP contribution is 2.13. The molecule has 0 aliphatic rings. The summed E-state index contributed by atoms with van der Waals surface area (Å²) in [5.41, 5.74) is -2.04. The van der Waals surface area contributed by atoms with Crippen LogP contribution in [0.25, 0.3) is 0 Å². The lowest BCUT2D eigenvalue weighted by molar-refractivity contribution is -0.158. The van der Waals surface area contributed by atoms with Crippen molar-refractivity contribution in [3.8, 4) is 0 Å². The highest BCUT2D eigenvalue weighted by molar-refractivity contribution is 6.30. The first kappa shape index (κ1) is 14.5. The molecule has 1 heterocycles. The molecule has 0 fully saturated rings. The molecule has 100 valence electrons. The third-order valence-corrected chi connectivity index (χ3v) is 2.36. The van der Waals surface area contributed by atoms with Gasteiger partial charge < -0.3 is 4.74 Å². The third-order valence-electron chi connectivity index (χ3n) is 2.09. The molecule has 0 amide bonds. The van der Waals surface area contributed by atoms with Crippen LogP contribution in [0.15, 0.2) is 15.8 Å². The van der Waals surface area contributed by atoms with Crippen molar-refractivity contribution in [2.75, 3.05) is 0 Å². The van der Waals surface area contributed by atoms with Gasteiger partial charge in [0.05, 0.1) is 0 Å². The van der Waals surface area contributed by atoms with Gasteiger partial charge in [0.25, 0.3) is 5.56 Å². The van der Waals surface area contributed by atoms with Gasteiger partial charge in [-0.3, -0.25) is 14.3 Å². The van der Waals surface area contributed by atoms with E-state index in [4.69, 9.17) is 16.3 Å². The van der Waals surface area contributed by atoms with E-state index in [1.165, 1.54) is 6.92 Å². The number of halogens is 1. The van der Waals surface area contributed by atoms with E-state index < -0.39 is 28.9 Å². The van der Waals surface area contributed by atoms with Crippen LogP contribution >= 0.6 is 11.6 Å². The van der Waals surface area contributed by atoms with Gasteiger partial charge >= 0.3 is 11.7 Å². The van der Waals surface area contributed by atoms with Crippen LogP contribution < -0.4 is 11.2 Å². The van der Waals surface area contributed by atoms with E-state index in [2.05, 4.69) is 0 Å². The highest BCUT2D eigenvalue weighted by atomic mass is 35.5. The largest absolute Gasteiger partial charge is 0.458 e. The van der Waals surface area contributed by atoms with Crippen LogP contribution in [-0.4, -0.2) is 21.1 Å². The number of esters is 1. The van der Waals surface area contributed by atoms with Crippen LogP contribution in [-0.2, 0) is 9.53 Å². The second-order valence-corrected chi connectivity index (χ2v) is 5.26. The zero-order valence-electron chi connectivity index (χ0n) is 10.6. The van der Waals surface area contributed by atoms with E-state index in [-0.39, 0.29) is 5.02 Å². The Kier molecular flexibility index (Phi) is 4.01. The second-order valence-electron chi connectivity index (χ2n) is 4.85. The van der Waals surface area contributed by atoms with Gasteiger partial charge in [-0.25, -0.2) is 9.59 Å². The Balaban J connectivity index is 3.08. The summed E-state index contributed by atoms with van der Waals surface area (Å²) in [5, 5.41) is -0.162. The van der Waals surface area contributed by atoms with E-state index in [9.17, 15) is 14.4 Å². The number of hydrogen-bond acceptors (Lipinski definition) is 4. The topological polar surface area (TPSA) is 81.2 Å². The Bertz CT molecular complexity index is 568. The Morgan fingerprint density at radius 2 is 2.00 bits per heavy atom. The molecule has 1 N–H and O–H groups in total. The van der Waals surface area contributed by atoms with Crippen LogP contribution in [0.2, 0.25) is 5.02 Å². The first-order chi connectivity index (χ1) is 8.11. The molecular formula is C11H15ClN2O4.